The minimum Gasteiger partial charge on any atom is -0.492 e. The zero-order chi connectivity index (χ0) is 19.0. The molecular weight excluding hydrogens is 344 g/mol. The predicted octanol–water partition coefficient (Wildman–Crippen LogP) is 3.05. The van der Waals surface area contributed by atoms with Crippen LogP contribution in [-0.2, 0) is 9.59 Å². The Morgan fingerprint density at radius 1 is 1.22 bits per heavy atom. The van der Waals surface area contributed by atoms with Gasteiger partial charge in [0.05, 0.1) is 12.2 Å². The van der Waals surface area contributed by atoms with Crippen LogP contribution in [0.15, 0.2) is 41.0 Å². The molecule has 0 spiro atoms. The lowest BCUT2D eigenvalue weighted by molar-refractivity contribution is -0.134. The maximum atomic E-state index is 12.3. The van der Waals surface area contributed by atoms with E-state index in [4.69, 9.17) is 9.15 Å². The number of hydrogen-bond donors (Lipinski definition) is 1. The lowest BCUT2D eigenvalue weighted by atomic mass is 9.89. The number of carbonyl (C=O) groups excluding carboxylic acids is 2. The molecule has 0 bridgehead atoms. The molecule has 1 unspecified atom stereocenters. The Hall–Kier alpha value is -2.86. The molecule has 0 aliphatic carbocycles. The lowest BCUT2D eigenvalue weighted by Crippen LogP contribution is -2.39. The third kappa shape index (κ3) is 3.40. The molecular formula is C21H22N2O4. The fourth-order valence-corrected chi connectivity index (χ4v) is 3.55. The van der Waals surface area contributed by atoms with Crippen LogP contribution in [0.4, 0.5) is 0 Å². The van der Waals surface area contributed by atoms with Gasteiger partial charge < -0.3 is 14.1 Å². The van der Waals surface area contributed by atoms with Gasteiger partial charge in [0, 0.05) is 23.9 Å². The Morgan fingerprint density at radius 2 is 2.07 bits per heavy atom. The molecule has 1 aliphatic heterocycles. The maximum Gasteiger partial charge on any atom is 0.234 e. The fourth-order valence-electron chi connectivity index (χ4n) is 3.55. The van der Waals surface area contributed by atoms with Crippen molar-refractivity contribution < 1.29 is 18.7 Å². The van der Waals surface area contributed by atoms with E-state index in [9.17, 15) is 9.59 Å². The van der Waals surface area contributed by atoms with Crippen molar-refractivity contribution in [3.63, 3.8) is 0 Å². The largest absolute Gasteiger partial charge is 0.492 e. The Balaban J connectivity index is 1.71. The molecule has 1 saturated heterocycles. The molecule has 1 fully saturated rings. The van der Waals surface area contributed by atoms with E-state index in [0.717, 1.165) is 39.6 Å². The van der Waals surface area contributed by atoms with Crippen molar-refractivity contribution in [3.05, 3.63) is 42.2 Å². The summed E-state index contributed by atoms with van der Waals surface area (Å²) in [5.41, 5.74) is 1.57. The molecule has 0 radical (unpaired) electrons. The molecule has 140 valence electrons. The van der Waals surface area contributed by atoms with Crippen LogP contribution in [0, 0.1) is 0 Å². The highest BCUT2D eigenvalue weighted by Gasteiger charge is 2.30. The number of hydrogen-bond acceptors (Lipinski definition) is 5. The molecule has 6 heteroatoms. The van der Waals surface area contributed by atoms with E-state index in [1.807, 2.05) is 44.4 Å². The third-order valence-corrected chi connectivity index (χ3v) is 4.98. The molecule has 1 atom stereocenters. The number of piperidine rings is 1. The highest BCUT2D eigenvalue weighted by Crippen LogP contribution is 2.37. The van der Waals surface area contributed by atoms with E-state index in [1.54, 1.807) is 6.26 Å². The molecule has 3 aromatic rings. The molecule has 1 N–H and O–H groups in total. The van der Waals surface area contributed by atoms with E-state index < -0.39 is 0 Å². The van der Waals surface area contributed by atoms with Crippen molar-refractivity contribution in [1.82, 2.24) is 10.2 Å². The van der Waals surface area contributed by atoms with Crippen LogP contribution >= 0.6 is 0 Å². The second kappa shape index (κ2) is 7.04. The van der Waals surface area contributed by atoms with E-state index in [1.165, 1.54) is 0 Å². The Morgan fingerprint density at radius 3 is 2.85 bits per heavy atom. The average Bonchev–Trinajstić information content (AvgIpc) is 3.05. The van der Waals surface area contributed by atoms with Crippen molar-refractivity contribution in [3.8, 4) is 5.75 Å². The van der Waals surface area contributed by atoms with E-state index in [0.29, 0.717) is 19.4 Å². The first-order valence-electron chi connectivity index (χ1n) is 9.08. The van der Waals surface area contributed by atoms with Gasteiger partial charge in [-0.3, -0.25) is 14.9 Å². The number of fused-ring (bicyclic) bond motifs is 3. The van der Waals surface area contributed by atoms with Crippen LogP contribution in [0.25, 0.3) is 21.7 Å². The number of carbonyl (C=O) groups is 2. The summed E-state index contributed by atoms with van der Waals surface area (Å²) in [6.45, 7) is 1.46. The van der Waals surface area contributed by atoms with Gasteiger partial charge in [-0.2, -0.15) is 0 Å². The molecule has 4 rings (SSSR count). The highest BCUT2D eigenvalue weighted by atomic mass is 16.5. The summed E-state index contributed by atoms with van der Waals surface area (Å²) in [6, 6.07) is 9.86. The molecule has 2 aromatic carbocycles. The first-order chi connectivity index (χ1) is 13.0. The number of rotatable bonds is 5. The molecule has 1 aromatic heterocycles. The first kappa shape index (κ1) is 17.5. The molecule has 2 amide bonds. The number of nitrogens with zero attached hydrogens (tertiary/aromatic N) is 1. The minimum atomic E-state index is -0.370. The molecule has 27 heavy (non-hydrogen) atoms. The molecule has 0 saturated carbocycles. The van der Waals surface area contributed by atoms with E-state index in [-0.39, 0.29) is 17.7 Å². The van der Waals surface area contributed by atoms with E-state index in [2.05, 4.69) is 10.2 Å². The predicted molar refractivity (Wildman–Crippen MR) is 103 cm³/mol. The second-order valence-electron chi connectivity index (χ2n) is 7.17. The zero-order valence-corrected chi connectivity index (χ0v) is 15.5. The summed E-state index contributed by atoms with van der Waals surface area (Å²) >= 11 is 0. The molecule has 2 heterocycles. The highest BCUT2D eigenvalue weighted by molar-refractivity contribution is 6.10. The van der Waals surface area contributed by atoms with Crippen molar-refractivity contribution in [2.45, 2.75) is 18.8 Å². The third-order valence-electron chi connectivity index (χ3n) is 4.98. The SMILES string of the molecule is CN(C)CCOc1ccc2c(ccc3occ(C4CCC(=O)NC4=O)c32)c1. The van der Waals surface area contributed by atoms with Crippen LogP contribution in [0.3, 0.4) is 0 Å². The second-order valence-corrected chi connectivity index (χ2v) is 7.17. The van der Waals surface area contributed by atoms with Gasteiger partial charge in [0.1, 0.15) is 17.9 Å². The number of amides is 2. The number of furan rings is 1. The van der Waals surface area contributed by atoms with Gasteiger partial charge in [0.25, 0.3) is 0 Å². The number of imide groups is 1. The zero-order valence-electron chi connectivity index (χ0n) is 15.5. The number of ether oxygens (including phenoxy) is 1. The van der Waals surface area contributed by atoms with Gasteiger partial charge in [-0.1, -0.05) is 6.07 Å². The summed E-state index contributed by atoms with van der Waals surface area (Å²) in [5, 5.41) is 5.40. The van der Waals surface area contributed by atoms with Crippen LogP contribution < -0.4 is 10.1 Å². The van der Waals surface area contributed by atoms with Crippen LogP contribution in [0.5, 0.6) is 5.75 Å². The first-order valence-corrected chi connectivity index (χ1v) is 9.08. The minimum absolute atomic E-state index is 0.214. The molecule has 6 nitrogen and oxygen atoms in total. The van der Waals surface area contributed by atoms with Gasteiger partial charge in [0.15, 0.2) is 0 Å². The van der Waals surface area contributed by atoms with Crippen LogP contribution in [0.1, 0.15) is 24.3 Å². The smallest absolute Gasteiger partial charge is 0.234 e. The van der Waals surface area contributed by atoms with Gasteiger partial charge in [-0.25, -0.2) is 0 Å². The number of likely N-dealkylation sites (N-methyl/N-ethyl adjacent to an activating group) is 1. The number of nitrogens with one attached hydrogen (secondary N) is 1. The Labute approximate surface area is 157 Å². The summed E-state index contributed by atoms with van der Waals surface area (Å²) in [5.74, 6) is -0.0247. The number of benzene rings is 2. The maximum absolute atomic E-state index is 12.3. The average molecular weight is 366 g/mol. The van der Waals surface area contributed by atoms with Gasteiger partial charge in [-0.05, 0) is 55.6 Å². The normalized spacial score (nSPS) is 17.7. The summed E-state index contributed by atoms with van der Waals surface area (Å²) in [4.78, 5) is 25.8. The summed E-state index contributed by atoms with van der Waals surface area (Å²) < 4.78 is 11.5. The van der Waals surface area contributed by atoms with Crippen molar-refractivity contribution in [2.75, 3.05) is 27.2 Å². The lowest BCUT2D eigenvalue weighted by Gasteiger charge is -2.20. The van der Waals surface area contributed by atoms with Crippen LogP contribution in [-0.4, -0.2) is 44.0 Å². The van der Waals surface area contributed by atoms with Gasteiger partial charge in [-0.15, -0.1) is 0 Å². The summed E-state index contributed by atoms with van der Waals surface area (Å²) in [6.07, 6.45) is 2.49. The van der Waals surface area contributed by atoms with Crippen molar-refractivity contribution >= 4 is 33.6 Å². The summed E-state index contributed by atoms with van der Waals surface area (Å²) in [7, 11) is 4.02. The van der Waals surface area contributed by atoms with Crippen molar-refractivity contribution in [2.24, 2.45) is 0 Å². The van der Waals surface area contributed by atoms with Gasteiger partial charge in [0.2, 0.25) is 11.8 Å². The Bertz CT molecular complexity index is 1020. The van der Waals surface area contributed by atoms with Crippen LogP contribution in [0.2, 0.25) is 0 Å². The molecule has 1 aliphatic rings. The van der Waals surface area contributed by atoms with E-state index >= 15 is 0 Å². The van der Waals surface area contributed by atoms with Crippen molar-refractivity contribution in [1.29, 1.82) is 0 Å². The van der Waals surface area contributed by atoms with Gasteiger partial charge >= 0.3 is 0 Å². The Kier molecular flexibility index (Phi) is 4.58. The quantitative estimate of drug-likeness (QED) is 0.703. The monoisotopic (exact) mass is 366 g/mol. The standard InChI is InChI=1S/C21H22N2O4/c1-23(2)9-10-26-14-4-5-15-13(11-14)3-7-18-20(15)17(12-27-18)16-6-8-19(24)22-21(16)25/h3-5,7,11-12,16H,6,8-10H2,1-2H3,(H,22,24,25). The topological polar surface area (TPSA) is 71.8 Å². The fraction of sp³-hybridized carbons (Fsp3) is 0.333.